The molecular formula is C10H8F2N4. The first-order chi connectivity index (χ1) is 7.69. The molecule has 16 heavy (non-hydrogen) atoms. The number of halogens is 2. The van der Waals surface area contributed by atoms with Crippen LogP contribution >= 0.6 is 0 Å². The van der Waals surface area contributed by atoms with Crippen LogP contribution in [0, 0.1) is 11.6 Å². The monoisotopic (exact) mass is 222 g/mol. The lowest BCUT2D eigenvalue weighted by Crippen LogP contribution is -2.09. The molecule has 6 heteroatoms. The van der Waals surface area contributed by atoms with Crippen molar-refractivity contribution in [2.24, 2.45) is 5.84 Å². The predicted octanol–water partition coefficient (Wildman–Crippen LogP) is 1.71. The van der Waals surface area contributed by atoms with Gasteiger partial charge in [-0.1, -0.05) is 0 Å². The SMILES string of the molecule is NNc1ccc(-c2cc(F)cc(F)c2)nn1. The lowest BCUT2D eigenvalue weighted by molar-refractivity contribution is 0.584. The van der Waals surface area contributed by atoms with Gasteiger partial charge < -0.3 is 5.43 Å². The highest BCUT2D eigenvalue weighted by Gasteiger charge is 2.05. The van der Waals surface area contributed by atoms with Crippen LogP contribution in [0.2, 0.25) is 0 Å². The third-order valence-corrected chi connectivity index (χ3v) is 1.97. The number of anilines is 1. The van der Waals surface area contributed by atoms with Crippen LogP contribution < -0.4 is 11.3 Å². The fraction of sp³-hybridized carbons (Fsp3) is 0. The van der Waals surface area contributed by atoms with Crippen LogP contribution in [0.25, 0.3) is 11.3 Å². The van der Waals surface area contributed by atoms with E-state index in [0.717, 1.165) is 6.07 Å². The minimum Gasteiger partial charge on any atom is -0.307 e. The zero-order valence-electron chi connectivity index (χ0n) is 8.11. The maximum Gasteiger partial charge on any atom is 0.162 e. The molecule has 0 amide bonds. The molecule has 2 aromatic rings. The van der Waals surface area contributed by atoms with Gasteiger partial charge in [0.25, 0.3) is 0 Å². The first-order valence-corrected chi connectivity index (χ1v) is 4.46. The Morgan fingerprint density at radius 3 is 2.19 bits per heavy atom. The first-order valence-electron chi connectivity index (χ1n) is 4.46. The number of nitrogen functional groups attached to an aromatic ring is 1. The molecule has 0 bridgehead atoms. The number of hydrogen-bond donors (Lipinski definition) is 2. The summed E-state index contributed by atoms with van der Waals surface area (Å²) in [7, 11) is 0. The summed E-state index contributed by atoms with van der Waals surface area (Å²) in [6.45, 7) is 0. The summed E-state index contributed by atoms with van der Waals surface area (Å²) in [6.07, 6.45) is 0. The molecule has 0 saturated heterocycles. The molecule has 1 heterocycles. The molecule has 82 valence electrons. The van der Waals surface area contributed by atoms with Crippen molar-refractivity contribution in [3.05, 3.63) is 42.0 Å². The lowest BCUT2D eigenvalue weighted by atomic mass is 10.1. The summed E-state index contributed by atoms with van der Waals surface area (Å²) >= 11 is 0. The second-order valence-electron chi connectivity index (χ2n) is 3.11. The summed E-state index contributed by atoms with van der Waals surface area (Å²) in [6, 6.07) is 6.29. The van der Waals surface area contributed by atoms with Crippen molar-refractivity contribution in [2.75, 3.05) is 5.43 Å². The Morgan fingerprint density at radius 2 is 1.69 bits per heavy atom. The number of hydrogen-bond acceptors (Lipinski definition) is 4. The standard InChI is InChI=1S/C10H8F2N4/c11-7-3-6(4-8(12)5-7)9-1-2-10(14-13)16-15-9/h1-5H,13H2,(H,14,16). The zero-order valence-corrected chi connectivity index (χ0v) is 8.11. The molecule has 3 N–H and O–H groups in total. The molecule has 0 aliphatic heterocycles. The molecule has 0 aliphatic carbocycles. The molecule has 0 fully saturated rings. The Hall–Kier alpha value is -2.08. The number of nitrogens with zero attached hydrogens (tertiary/aromatic N) is 2. The number of nitrogens with one attached hydrogen (secondary N) is 1. The average Bonchev–Trinajstić information content (AvgIpc) is 2.28. The van der Waals surface area contributed by atoms with E-state index in [2.05, 4.69) is 15.6 Å². The van der Waals surface area contributed by atoms with E-state index in [1.165, 1.54) is 12.1 Å². The van der Waals surface area contributed by atoms with Gasteiger partial charge in [0, 0.05) is 11.6 Å². The van der Waals surface area contributed by atoms with Gasteiger partial charge in [0.2, 0.25) is 0 Å². The lowest BCUT2D eigenvalue weighted by Gasteiger charge is -2.02. The Bertz CT molecular complexity index is 478. The summed E-state index contributed by atoms with van der Waals surface area (Å²) in [4.78, 5) is 0. The van der Waals surface area contributed by atoms with Gasteiger partial charge in [0.15, 0.2) is 5.82 Å². The van der Waals surface area contributed by atoms with E-state index in [1.807, 2.05) is 0 Å². The maximum atomic E-state index is 12.9. The number of aromatic nitrogens is 2. The van der Waals surface area contributed by atoms with Crippen LogP contribution in [0.1, 0.15) is 0 Å². The van der Waals surface area contributed by atoms with Crippen LogP contribution in [0.15, 0.2) is 30.3 Å². The summed E-state index contributed by atoms with van der Waals surface area (Å²) in [5, 5.41) is 7.48. The number of nitrogens with two attached hydrogens (primary N) is 1. The Balaban J connectivity index is 2.42. The Labute approximate surface area is 90.1 Å². The molecule has 0 atom stereocenters. The molecular weight excluding hydrogens is 214 g/mol. The van der Waals surface area contributed by atoms with Crippen molar-refractivity contribution >= 4 is 5.82 Å². The first kappa shape index (κ1) is 10.4. The van der Waals surface area contributed by atoms with E-state index in [0.29, 0.717) is 17.1 Å². The topological polar surface area (TPSA) is 63.8 Å². The van der Waals surface area contributed by atoms with E-state index < -0.39 is 11.6 Å². The fourth-order valence-electron chi connectivity index (χ4n) is 1.26. The molecule has 2 rings (SSSR count). The van der Waals surface area contributed by atoms with Crippen LogP contribution in [0.3, 0.4) is 0 Å². The van der Waals surface area contributed by atoms with Gasteiger partial charge in [0.05, 0.1) is 5.69 Å². The van der Waals surface area contributed by atoms with Gasteiger partial charge >= 0.3 is 0 Å². The number of hydrazine groups is 1. The third-order valence-electron chi connectivity index (χ3n) is 1.97. The van der Waals surface area contributed by atoms with Gasteiger partial charge in [-0.05, 0) is 24.3 Å². The normalized spacial score (nSPS) is 10.2. The van der Waals surface area contributed by atoms with E-state index in [4.69, 9.17) is 5.84 Å². The average molecular weight is 222 g/mol. The van der Waals surface area contributed by atoms with E-state index in [9.17, 15) is 8.78 Å². The van der Waals surface area contributed by atoms with Gasteiger partial charge in [-0.3, -0.25) is 0 Å². The molecule has 0 unspecified atom stereocenters. The zero-order chi connectivity index (χ0) is 11.5. The summed E-state index contributed by atoms with van der Waals surface area (Å²) in [5.74, 6) is 4.18. The predicted molar refractivity (Wildman–Crippen MR) is 55.2 cm³/mol. The van der Waals surface area contributed by atoms with E-state index >= 15 is 0 Å². The highest BCUT2D eigenvalue weighted by molar-refractivity contribution is 5.59. The highest BCUT2D eigenvalue weighted by atomic mass is 19.1. The highest BCUT2D eigenvalue weighted by Crippen LogP contribution is 2.19. The largest absolute Gasteiger partial charge is 0.307 e. The van der Waals surface area contributed by atoms with Gasteiger partial charge in [-0.15, -0.1) is 10.2 Å². The number of benzene rings is 1. The summed E-state index contributed by atoms with van der Waals surface area (Å²) < 4.78 is 25.9. The van der Waals surface area contributed by atoms with Crippen LogP contribution in [0.4, 0.5) is 14.6 Å². The van der Waals surface area contributed by atoms with Crippen molar-refractivity contribution in [3.63, 3.8) is 0 Å². The third kappa shape index (κ3) is 2.12. The van der Waals surface area contributed by atoms with Crippen LogP contribution in [-0.4, -0.2) is 10.2 Å². The van der Waals surface area contributed by atoms with Crippen molar-refractivity contribution < 1.29 is 8.78 Å². The summed E-state index contributed by atoms with van der Waals surface area (Å²) in [5.41, 5.74) is 3.01. The van der Waals surface area contributed by atoms with Crippen molar-refractivity contribution in [2.45, 2.75) is 0 Å². The second-order valence-corrected chi connectivity index (χ2v) is 3.11. The molecule has 0 aliphatic rings. The van der Waals surface area contributed by atoms with Crippen molar-refractivity contribution in [1.29, 1.82) is 0 Å². The second kappa shape index (κ2) is 4.19. The minimum absolute atomic E-state index is 0.327. The molecule has 1 aromatic carbocycles. The van der Waals surface area contributed by atoms with Crippen LogP contribution in [-0.2, 0) is 0 Å². The van der Waals surface area contributed by atoms with Gasteiger partial charge in [-0.2, -0.15) is 0 Å². The maximum absolute atomic E-state index is 12.9. The quantitative estimate of drug-likeness (QED) is 0.599. The minimum atomic E-state index is -0.655. The Kier molecular flexibility index (Phi) is 2.74. The molecule has 4 nitrogen and oxygen atoms in total. The van der Waals surface area contributed by atoms with E-state index in [1.54, 1.807) is 12.1 Å². The molecule has 1 aromatic heterocycles. The fourth-order valence-corrected chi connectivity index (χ4v) is 1.26. The van der Waals surface area contributed by atoms with Crippen molar-refractivity contribution in [3.8, 4) is 11.3 Å². The smallest absolute Gasteiger partial charge is 0.162 e. The molecule has 0 saturated carbocycles. The number of rotatable bonds is 2. The molecule has 0 radical (unpaired) electrons. The van der Waals surface area contributed by atoms with Crippen molar-refractivity contribution in [1.82, 2.24) is 10.2 Å². The van der Waals surface area contributed by atoms with Gasteiger partial charge in [0.1, 0.15) is 11.6 Å². The van der Waals surface area contributed by atoms with E-state index in [-0.39, 0.29) is 0 Å². The molecule has 0 spiro atoms. The Morgan fingerprint density at radius 1 is 1.00 bits per heavy atom. The van der Waals surface area contributed by atoms with Gasteiger partial charge in [-0.25, -0.2) is 14.6 Å². The van der Waals surface area contributed by atoms with Crippen LogP contribution in [0.5, 0.6) is 0 Å².